The number of nitrogens with one attached hydrogen (secondary N) is 1. The number of halogens is 3. The smallest absolute Gasteiger partial charge is 0.433 e. The summed E-state index contributed by atoms with van der Waals surface area (Å²) in [6, 6.07) is 15.4. The molecule has 4 aromatic rings. The first-order valence-corrected chi connectivity index (χ1v) is 11.8. The minimum atomic E-state index is -4.58. The molecule has 1 N–H and O–H groups in total. The Balaban J connectivity index is 1.61. The molecule has 2 heterocycles. The molecule has 0 saturated heterocycles. The predicted molar refractivity (Wildman–Crippen MR) is 119 cm³/mol. The number of nitrogens with zero attached hydrogens (tertiary/aromatic N) is 3. The van der Waals surface area contributed by atoms with Crippen LogP contribution in [-0.2, 0) is 16.2 Å². The van der Waals surface area contributed by atoms with Crippen LogP contribution in [0.4, 0.5) is 18.3 Å². The molecule has 7 nitrogen and oxygen atoms in total. The second-order valence-electron chi connectivity index (χ2n) is 6.75. The van der Waals surface area contributed by atoms with Crippen molar-refractivity contribution in [3.8, 4) is 28.8 Å². The third-order valence-electron chi connectivity index (χ3n) is 4.43. The molecule has 4 rings (SSSR count). The summed E-state index contributed by atoms with van der Waals surface area (Å²) in [7, 11) is -3.97. The average molecular weight is 502 g/mol. The summed E-state index contributed by atoms with van der Waals surface area (Å²) in [4.78, 5) is 7.36. The zero-order valence-electron chi connectivity index (χ0n) is 16.9. The van der Waals surface area contributed by atoms with Crippen LogP contribution in [0.15, 0.2) is 77.1 Å². The Bertz CT molecular complexity index is 1480. The molecule has 0 spiro atoms. The number of anilines is 1. The van der Waals surface area contributed by atoms with Crippen molar-refractivity contribution in [1.29, 1.82) is 5.26 Å². The summed E-state index contributed by atoms with van der Waals surface area (Å²) >= 11 is 1.10. The maximum absolute atomic E-state index is 13.0. The average Bonchev–Trinajstić information content (AvgIpc) is 3.31. The lowest BCUT2D eigenvalue weighted by Crippen LogP contribution is -2.13. The summed E-state index contributed by atoms with van der Waals surface area (Å²) < 4.78 is 72.1. The second kappa shape index (κ2) is 9.12. The van der Waals surface area contributed by atoms with Crippen molar-refractivity contribution >= 4 is 26.5 Å². The molecule has 2 aromatic carbocycles. The van der Waals surface area contributed by atoms with Gasteiger partial charge in [0.25, 0.3) is 10.0 Å². The van der Waals surface area contributed by atoms with E-state index in [9.17, 15) is 26.9 Å². The van der Waals surface area contributed by atoms with E-state index in [0.29, 0.717) is 5.56 Å². The number of pyridine rings is 1. The van der Waals surface area contributed by atoms with E-state index in [1.807, 2.05) is 6.07 Å². The van der Waals surface area contributed by atoms with Gasteiger partial charge in [-0.05, 0) is 42.5 Å². The van der Waals surface area contributed by atoms with Crippen molar-refractivity contribution in [2.75, 3.05) is 4.72 Å². The van der Waals surface area contributed by atoms with Gasteiger partial charge in [-0.25, -0.2) is 18.4 Å². The van der Waals surface area contributed by atoms with Gasteiger partial charge in [-0.1, -0.05) is 18.2 Å². The Morgan fingerprint density at radius 2 is 1.85 bits per heavy atom. The van der Waals surface area contributed by atoms with Crippen LogP contribution >= 0.6 is 11.3 Å². The molecule has 34 heavy (non-hydrogen) atoms. The second-order valence-corrected chi connectivity index (χ2v) is 9.33. The van der Waals surface area contributed by atoms with Gasteiger partial charge in [-0.15, -0.1) is 11.3 Å². The normalized spacial score (nSPS) is 11.6. The summed E-state index contributed by atoms with van der Waals surface area (Å²) in [6.07, 6.45) is -3.13. The van der Waals surface area contributed by atoms with E-state index in [0.717, 1.165) is 23.5 Å². The number of aromatic nitrogens is 2. The molecule has 0 fully saturated rings. The fraction of sp³-hybridized carbons (Fsp3) is 0.0455. The molecular weight excluding hydrogens is 489 g/mol. The van der Waals surface area contributed by atoms with Gasteiger partial charge in [-0.2, -0.15) is 18.4 Å². The minimum absolute atomic E-state index is 0.0513. The van der Waals surface area contributed by atoms with Crippen LogP contribution < -0.4 is 9.46 Å². The van der Waals surface area contributed by atoms with Gasteiger partial charge < -0.3 is 4.74 Å². The number of ether oxygens (including phenoxy) is 1. The molecule has 12 heteroatoms. The van der Waals surface area contributed by atoms with Crippen molar-refractivity contribution in [3.05, 3.63) is 83.5 Å². The molecular formula is C22H13F3N4O3S2. The molecule has 0 saturated carbocycles. The molecule has 0 atom stereocenters. The lowest BCUT2D eigenvalue weighted by Gasteiger charge is -2.12. The summed E-state index contributed by atoms with van der Waals surface area (Å²) in [5.41, 5.74) is -0.611. The zero-order chi connectivity index (χ0) is 24.3. The number of hydrogen-bond acceptors (Lipinski definition) is 7. The lowest BCUT2D eigenvalue weighted by atomic mass is 10.1. The number of sulfonamides is 1. The Labute approximate surface area is 196 Å². The van der Waals surface area contributed by atoms with Gasteiger partial charge in [0, 0.05) is 17.1 Å². The molecule has 0 aliphatic carbocycles. The topological polar surface area (TPSA) is 105 Å². The standard InChI is InChI=1S/C22H13F3N4O3S2/c23-22(24,25)20-6-2-5-18(28-20)14-3-1-4-16(11-14)32-19-8-7-17(12-15(19)13-26)34(30,31)29-21-27-9-10-33-21/h1-12H,(H,27,29). The third kappa shape index (κ3) is 5.16. The fourth-order valence-corrected chi connectivity index (χ4v) is 4.71. The number of benzene rings is 2. The highest BCUT2D eigenvalue weighted by Crippen LogP contribution is 2.32. The Kier molecular flexibility index (Phi) is 6.23. The lowest BCUT2D eigenvalue weighted by molar-refractivity contribution is -0.141. The minimum Gasteiger partial charge on any atom is -0.456 e. The van der Waals surface area contributed by atoms with E-state index >= 15 is 0 Å². The zero-order valence-corrected chi connectivity index (χ0v) is 18.6. The van der Waals surface area contributed by atoms with Crippen LogP contribution in [0.1, 0.15) is 11.3 Å². The number of hydrogen-bond donors (Lipinski definition) is 1. The molecule has 2 aromatic heterocycles. The number of rotatable bonds is 6. The number of alkyl halides is 3. The van der Waals surface area contributed by atoms with Crippen molar-refractivity contribution in [3.63, 3.8) is 0 Å². The molecule has 0 unspecified atom stereocenters. The highest BCUT2D eigenvalue weighted by atomic mass is 32.2. The van der Waals surface area contributed by atoms with Crippen LogP contribution in [-0.4, -0.2) is 18.4 Å². The third-order valence-corrected chi connectivity index (χ3v) is 6.59. The maximum atomic E-state index is 13.0. The van der Waals surface area contributed by atoms with Gasteiger partial charge in [0.2, 0.25) is 0 Å². The fourth-order valence-electron chi connectivity index (χ4n) is 2.90. The van der Waals surface area contributed by atoms with Gasteiger partial charge in [0.1, 0.15) is 23.3 Å². The Hall–Kier alpha value is -3.95. The first-order valence-electron chi connectivity index (χ1n) is 9.45. The molecule has 0 aliphatic heterocycles. The van der Waals surface area contributed by atoms with Gasteiger partial charge in [-0.3, -0.25) is 4.72 Å². The molecule has 0 radical (unpaired) electrons. The number of thiazole rings is 1. The van der Waals surface area contributed by atoms with E-state index in [4.69, 9.17) is 4.74 Å². The van der Waals surface area contributed by atoms with E-state index in [2.05, 4.69) is 14.7 Å². The molecule has 0 aliphatic rings. The molecule has 0 amide bonds. The quantitative estimate of drug-likeness (QED) is 0.363. The van der Waals surface area contributed by atoms with Gasteiger partial charge >= 0.3 is 6.18 Å². The van der Waals surface area contributed by atoms with E-state index in [1.54, 1.807) is 23.6 Å². The number of nitriles is 1. The first-order chi connectivity index (χ1) is 16.2. The molecule has 0 bridgehead atoms. The van der Waals surface area contributed by atoms with E-state index in [1.165, 1.54) is 36.5 Å². The first kappa shape index (κ1) is 23.2. The van der Waals surface area contributed by atoms with Crippen molar-refractivity contribution in [2.45, 2.75) is 11.1 Å². The Morgan fingerprint density at radius 3 is 2.56 bits per heavy atom. The van der Waals surface area contributed by atoms with Crippen molar-refractivity contribution in [1.82, 2.24) is 9.97 Å². The van der Waals surface area contributed by atoms with E-state index < -0.39 is 21.9 Å². The van der Waals surface area contributed by atoms with Crippen molar-refractivity contribution < 1.29 is 26.3 Å². The van der Waals surface area contributed by atoms with E-state index in [-0.39, 0.29) is 32.8 Å². The SMILES string of the molecule is N#Cc1cc(S(=O)(=O)Nc2nccs2)ccc1Oc1cccc(-c2cccc(C(F)(F)F)n2)c1. The van der Waals surface area contributed by atoms with Crippen LogP contribution in [0, 0.1) is 11.3 Å². The van der Waals surface area contributed by atoms with Crippen LogP contribution in [0.5, 0.6) is 11.5 Å². The predicted octanol–water partition coefficient (Wildman–Crippen LogP) is 5.69. The van der Waals surface area contributed by atoms with Crippen LogP contribution in [0.2, 0.25) is 0 Å². The monoisotopic (exact) mass is 502 g/mol. The highest BCUT2D eigenvalue weighted by Gasteiger charge is 2.32. The summed E-state index contributed by atoms with van der Waals surface area (Å²) in [5, 5.41) is 11.3. The Morgan fingerprint density at radius 1 is 1.06 bits per heavy atom. The van der Waals surface area contributed by atoms with Gasteiger partial charge in [0.15, 0.2) is 5.13 Å². The van der Waals surface area contributed by atoms with Gasteiger partial charge in [0.05, 0.1) is 16.2 Å². The summed E-state index contributed by atoms with van der Waals surface area (Å²) in [6.45, 7) is 0. The van der Waals surface area contributed by atoms with Crippen LogP contribution in [0.25, 0.3) is 11.3 Å². The summed E-state index contributed by atoms with van der Waals surface area (Å²) in [5.74, 6) is 0.301. The van der Waals surface area contributed by atoms with Crippen molar-refractivity contribution in [2.24, 2.45) is 0 Å². The largest absolute Gasteiger partial charge is 0.456 e. The highest BCUT2D eigenvalue weighted by molar-refractivity contribution is 7.93. The molecule has 172 valence electrons. The van der Waals surface area contributed by atoms with Crippen LogP contribution in [0.3, 0.4) is 0 Å². The maximum Gasteiger partial charge on any atom is 0.433 e.